The maximum atomic E-state index is 11.5. The number of hydrogen-bond acceptors (Lipinski definition) is 4. The first kappa shape index (κ1) is 11.6. The maximum Gasteiger partial charge on any atom is 0.327 e. The van der Waals surface area contributed by atoms with Crippen LogP contribution < -0.4 is 10.6 Å². The number of fused-ring (bicyclic) bond motifs is 1. The van der Waals surface area contributed by atoms with Gasteiger partial charge in [-0.1, -0.05) is 12.1 Å². The van der Waals surface area contributed by atoms with Crippen molar-refractivity contribution in [2.45, 2.75) is 12.5 Å². The first-order valence-corrected chi connectivity index (χ1v) is 5.33. The number of methoxy groups -OCH3 is 1. The molecule has 0 bridgehead atoms. The quantitative estimate of drug-likeness (QED) is 0.752. The summed E-state index contributed by atoms with van der Waals surface area (Å²) in [6.45, 7) is 0. The number of amides is 1. The van der Waals surface area contributed by atoms with Crippen LogP contribution in [0.3, 0.4) is 0 Å². The summed E-state index contributed by atoms with van der Waals surface area (Å²) in [5, 5.41) is 5.64. The molecule has 5 heteroatoms. The molecule has 1 aromatic rings. The van der Waals surface area contributed by atoms with Crippen LogP contribution in [0.5, 0.6) is 0 Å². The summed E-state index contributed by atoms with van der Waals surface area (Å²) < 4.78 is 4.71. The van der Waals surface area contributed by atoms with Gasteiger partial charge in [0.05, 0.1) is 13.5 Å². The topological polar surface area (TPSA) is 67.4 Å². The van der Waals surface area contributed by atoms with E-state index in [-0.39, 0.29) is 11.9 Å². The maximum absolute atomic E-state index is 11.5. The van der Waals surface area contributed by atoms with Crippen LogP contribution >= 0.6 is 0 Å². The van der Waals surface area contributed by atoms with Crippen molar-refractivity contribution in [2.24, 2.45) is 0 Å². The number of carbonyl (C=O) groups excluding carboxylic acids is 2. The summed E-state index contributed by atoms with van der Waals surface area (Å²) >= 11 is 0. The van der Waals surface area contributed by atoms with E-state index in [1.165, 1.54) is 7.11 Å². The summed E-state index contributed by atoms with van der Waals surface area (Å²) in [5.74, 6) is -0.360. The first-order chi connectivity index (χ1) is 8.15. The van der Waals surface area contributed by atoms with E-state index in [0.717, 1.165) is 16.8 Å². The van der Waals surface area contributed by atoms with Gasteiger partial charge in [0, 0.05) is 5.69 Å². The van der Waals surface area contributed by atoms with Gasteiger partial charge in [0.15, 0.2) is 0 Å². The fraction of sp³-hybridized carbons (Fsp3) is 0.333. The summed E-state index contributed by atoms with van der Waals surface area (Å²) in [4.78, 5) is 22.8. The van der Waals surface area contributed by atoms with Crippen molar-refractivity contribution in [1.29, 1.82) is 0 Å². The van der Waals surface area contributed by atoms with Crippen LogP contribution in [0.25, 0.3) is 0 Å². The Labute approximate surface area is 99.2 Å². The summed E-state index contributed by atoms with van der Waals surface area (Å²) in [6, 6.07) is 4.97. The minimum Gasteiger partial charge on any atom is -0.468 e. The fourth-order valence-corrected chi connectivity index (χ4v) is 1.97. The Morgan fingerprint density at radius 2 is 2.29 bits per heavy atom. The Bertz CT molecular complexity index is 471. The molecule has 0 spiro atoms. The molecule has 17 heavy (non-hydrogen) atoms. The molecule has 0 saturated heterocycles. The van der Waals surface area contributed by atoms with Gasteiger partial charge in [0.25, 0.3) is 0 Å². The average molecular weight is 234 g/mol. The fourth-order valence-electron chi connectivity index (χ4n) is 1.97. The Morgan fingerprint density at radius 3 is 2.94 bits per heavy atom. The van der Waals surface area contributed by atoms with Crippen LogP contribution in [0.1, 0.15) is 17.2 Å². The van der Waals surface area contributed by atoms with Crippen LogP contribution in [-0.4, -0.2) is 26.0 Å². The number of ether oxygens (including phenoxy) is 1. The molecule has 0 fully saturated rings. The zero-order valence-corrected chi connectivity index (χ0v) is 9.74. The lowest BCUT2D eigenvalue weighted by Crippen LogP contribution is -2.26. The van der Waals surface area contributed by atoms with Gasteiger partial charge in [-0.15, -0.1) is 0 Å². The predicted octanol–water partition coefficient (Wildman–Crippen LogP) is 0.615. The van der Waals surface area contributed by atoms with Gasteiger partial charge in [0.2, 0.25) is 5.91 Å². The molecule has 0 radical (unpaired) electrons. The second kappa shape index (κ2) is 4.55. The molecule has 90 valence electrons. The lowest BCUT2D eigenvalue weighted by Gasteiger charge is -2.14. The van der Waals surface area contributed by atoms with E-state index in [1.807, 2.05) is 18.2 Å². The highest BCUT2D eigenvalue weighted by molar-refractivity contribution is 5.99. The minimum atomic E-state index is -0.499. The van der Waals surface area contributed by atoms with E-state index in [4.69, 9.17) is 4.74 Å². The molecular weight excluding hydrogens is 220 g/mol. The average Bonchev–Trinajstić information content (AvgIpc) is 2.69. The van der Waals surface area contributed by atoms with Crippen LogP contribution in [-0.2, 0) is 20.7 Å². The molecule has 1 aliphatic heterocycles. The second-order valence-corrected chi connectivity index (χ2v) is 3.89. The molecule has 2 rings (SSSR count). The van der Waals surface area contributed by atoms with Crippen molar-refractivity contribution in [3.05, 3.63) is 29.3 Å². The molecule has 2 N–H and O–H groups in total. The smallest absolute Gasteiger partial charge is 0.327 e. The van der Waals surface area contributed by atoms with Crippen LogP contribution in [0, 0.1) is 0 Å². The summed E-state index contributed by atoms with van der Waals surface area (Å²) in [5.41, 5.74) is 2.53. The van der Waals surface area contributed by atoms with Gasteiger partial charge in [-0.2, -0.15) is 0 Å². The molecule has 1 heterocycles. The van der Waals surface area contributed by atoms with Gasteiger partial charge < -0.3 is 15.4 Å². The first-order valence-electron chi connectivity index (χ1n) is 5.33. The Hall–Kier alpha value is -1.88. The highest BCUT2D eigenvalue weighted by atomic mass is 16.5. The second-order valence-electron chi connectivity index (χ2n) is 3.89. The number of esters is 1. The molecule has 1 aromatic carbocycles. The SMILES string of the molecule is CNC(C(=O)OC)c1ccc2c(c1)CC(=O)N2. The lowest BCUT2D eigenvalue weighted by molar-refractivity contribution is -0.143. The molecule has 1 atom stereocenters. The number of nitrogens with one attached hydrogen (secondary N) is 2. The number of rotatable bonds is 3. The van der Waals surface area contributed by atoms with E-state index < -0.39 is 6.04 Å². The molecule has 0 aromatic heterocycles. The predicted molar refractivity (Wildman–Crippen MR) is 62.6 cm³/mol. The monoisotopic (exact) mass is 234 g/mol. The summed E-state index contributed by atoms with van der Waals surface area (Å²) in [7, 11) is 3.04. The largest absolute Gasteiger partial charge is 0.468 e. The van der Waals surface area contributed by atoms with Crippen molar-refractivity contribution in [2.75, 3.05) is 19.5 Å². The van der Waals surface area contributed by atoms with Crippen molar-refractivity contribution < 1.29 is 14.3 Å². The van der Waals surface area contributed by atoms with E-state index in [9.17, 15) is 9.59 Å². The number of likely N-dealkylation sites (N-methyl/N-ethyl adjacent to an activating group) is 1. The van der Waals surface area contributed by atoms with Crippen molar-refractivity contribution >= 4 is 17.6 Å². The van der Waals surface area contributed by atoms with Gasteiger partial charge in [-0.25, -0.2) is 4.79 Å². The Kier molecular flexibility index (Phi) is 3.10. The van der Waals surface area contributed by atoms with E-state index in [0.29, 0.717) is 6.42 Å². The van der Waals surface area contributed by atoms with Gasteiger partial charge in [-0.3, -0.25) is 4.79 Å². The number of anilines is 1. The molecule has 1 unspecified atom stereocenters. The molecule has 1 amide bonds. The normalized spacial score (nSPS) is 15.1. The lowest BCUT2D eigenvalue weighted by atomic mass is 10.0. The molecular formula is C12H14N2O3. The van der Waals surface area contributed by atoms with Gasteiger partial charge >= 0.3 is 5.97 Å². The van der Waals surface area contributed by atoms with Crippen LogP contribution in [0.2, 0.25) is 0 Å². The zero-order valence-electron chi connectivity index (χ0n) is 9.74. The molecule has 0 saturated carbocycles. The van der Waals surface area contributed by atoms with Crippen LogP contribution in [0.15, 0.2) is 18.2 Å². The highest BCUT2D eigenvalue weighted by Crippen LogP contribution is 2.26. The number of carbonyl (C=O) groups is 2. The van der Waals surface area contributed by atoms with Crippen molar-refractivity contribution in [1.82, 2.24) is 5.32 Å². The van der Waals surface area contributed by atoms with Crippen molar-refractivity contribution in [3.63, 3.8) is 0 Å². The van der Waals surface area contributed by atoms with Crippen LogP contribution in [0.4, 0.5) is 5.69 Å². The Morgan fingerprint density at radius 1 is 1.53 bits per heavy atom. The van der Waals surface area contributed by atoms with Gasteiger partial charge in [-0.05, 0) is 24.2 Å². The standard InChI is InChI=1S/C12H14N2O3/c1-13-11(12(16)17-2)7-3-4-9-8(5-7)6-10(15)14-9/h3-5,11,13H,6H2,1-2H3,(H,14,15). The number of benzene rings is 1. The molecule has 0 aliphatic carbocycles. The molecule has 5 nitrogen and oxygen atoms in total. The van der Waals surface area contributed by atoms with Crippen molar-refractivity contribution in [3.8, 4) is 0 Å². The molecule has 1 aliphatic rings. The summed E-state index contributed by atoms with van der Waals surface area (Å²) in [6.07, 6.45) is 0.362. The highest BCUT2D eigenvalue weighted by Gasteiger charge is 2.23. The number of hydrogen-bond donors (Lipinski definition) is 2. The third-order valence-corrected chi connectivity index (χ3v) is 2.81. The minimum absolute atomic E-state index is 0.0174. The Balaban J connectivity index is 2.31. The van der Waals surface area contributed by atoms with Gasteiger partial charge in [0.1, 0.15) is 6.04 Å². The third kappa shape index (κ3) is 2.14. The van der Waals surface area contributed by atoms with E-state index in [2.05, 4.69) is 10.6 Å². The van der Waals surface area contributed by atoms with E-state index in [1.54, 1.807) is 7.05 Å². The zero-order chi connectivity index (χ0) is 12.4. The van der Waals surface area contributed by atoms with E-state index >= 15 is 0 Å². The third-order valence-electron chi connectivity index (χ3n) is 2.81.